The monoisotopic (exact) mass is 810 g/mol. The van der Waals surface area contributed by atoms with E-state index in [1.165, 1.54) is 0 Å². The number of unbranched alkanes of at least 4 members (excludes halogenated alkanes) is 2. The predicted octanol–water partition coefficient (Wildman–Crippen LogP) is 2.87. The maximum absolute atomic E-state index is 14.3. The molecule has 2 aliphatic rings. The third-order valence-corrected chi connectivity index (χ3v) is 8.95. The Hall–Kier alpha value is -5.64. The zero-order valence-corrected chi connectivity index (χ0v) is 31.4. The van der Waals surface area contributed by atoms with Gasteiger partial charge >= 0.3 is 12.2 Å². The van der Waals surface area contributed by atoms with Gasteiger partial charge in [0.15, 0.2) is 11.9 Å². The van der Waals surface area contributed by atoms with Crippen LogP contribution in [0.4, 0.5) is 60.9 Å². The molecule has 0 atom stereocenters. The molecule has 0 unspecified atom stereocenters. The SMILES string of the molecule is NC(N)=NCCCCC(=O)Nc1cc(C(F)F)cc(NC(=O)Nc2cc(C(F)(F)F)cc(NC(=O)CCCCN=C(N)N)c2N2CCNCC2)c1N1CCNCC1. The van der Waals surface area contributed by atoms with Crippen LogP contribution in [0.5, 0.6) is 0 Å². The van der Waals surface area contributed by atoms with Crippen molar-refractivity contribution >= 4 is 63.9 Å². The molecule has 4 amide bonds. The number of piperazine rings is 2. The van der Waals surface area contributed by atoms with E-state index in [0.717, 1.165) is 24.3 Å². The lowest BCUT2D eigenvalue weighted by molar-refractivity contribution is -0.137. The Morgan fingerprint density at radius 3 is 1.42 bits per heavy atom. The summed E-state index contributed by atoms with van der Waals surface area (Å²) < 4.78 is 71.7. The molecule has 0 spiro atoms. The maximum atomic E-state index is 14.3. The molecule has 2 saturated heterocycles. The minimum Gasteiger partial charge on any atom is -0.370 e. The molecule has 14 N–H and O–H groups in total. The molecule has 0 aliphatic carbocycles. The molecule has 314 valence electrons. The van der Waals surface area contributed by atoms with Gasteiger partial charge in [0.25, 0.3) is 6.43 Å². The van der Waals surface area contributed by atoms with Gasteiger partial charge in [-0.05, 0) is 49.9 Å². The Kier molecular flexibility index (Phi) is 16.3. The summed E-state index contributed by atoms with van der Waals surface area (Å²) >= 11 is 0. The summed E-state index contributed by atoms with van der Waals surface area (Å²) in [5, 5.41) is 16.7. The zero-order valence-electron chi connectivity index (χ0n) is 31.4. The molecule has 2 fully saturated rings. The molecular formula is C35H51F5N14O3. The molecular weight excluding hydrogens is 759 g/mol. The molecule has 0 radical (unpaired) electrons. The van der Waals surface area contributed by atoms with Gasteiger partial charge in [-0.25, -0.2) is 13.6 Å². The van der Waals surface area contributed by atoms with E-state index in [2.05, 4.69) is 41.9 Å². The van der Waals surface area contributed by atoms with Gasteiger partial charge in [-0.15, -0.1) is 0 Å². The maximum Gasteiger partial charge on any atom is 0.416 e. The van der Waals surface area contributed by atoms with Crippen LogP contribution in [0.15, 0.2) is 34.3 Å². The zero-order chi connectivity index (χ0) is 41.5. The van der Waals surface area contributed by atoms with Gasteiger partial charge in [-0.1, -0.05) is 0 Å². The molecule has 2 aliphatic heterocycles. The second kappa shape index (κ2) is 21.0. The van der Waals surface area contributed by atoms with Crippen LogP contribution in [-0.4, -0.2) is 95.2 Å². The number of halogens is 5. The van der Waals surface area contributed by atoms with Crippen LogP contribution in [0.1, 0.15) is 56.1 Å². The summed E-state index contributed by atoms with van der Waals surface area (Å²) in [6.07, 6.45) is -6.27. The summed E-state index contributed by atoms with van der Waals surface area (Å²) in [6.45, 7) is 3.90. The van der Waals surface area contributed by atoms with Crippen LogP contribution in [0, 0.1) is 0 Å². The van der Waals surface area contributed by atoms with Crippen LogP contribution in [0.3, 0.4) is 0 Å². The van der Waals surface area contributed by atoms with Crippen LogP contribution in [0.25, 0.3) is 0 Å². The van der Waals surface area contributed by atoms with Crippen LogP contribution in [0.2, 0.25) is 0 Å². The molecule has 2 aromatic carbocycles. The van der Waals surface area contributed by atoms with Crippen molar-refractivity contribution < 1.29 is 36.3 Å². The van der Waals surface area contributed by atoms with E-state index < -0.39 is 41.6 Å². The third-order valence-electron chi connectivity index (χ3n) is 8.95. The Morgan fingerprint density at radius 2 is 1.04 bits per heavy atom. The second-order valence-corrected chi connectivity index (χ2v) is 13.4. The summed E-state index contributed by atoms with van der Waals surface area (Å²) in [5.41, 5.74) is 19.5. The summed E-state index contributed by atoms with van der Waals surface area (Å²) in [6, 6.07) is 2.71. The Balaban J connectivity index is 1.69. The number of nitrogens with one attached hydrogen (secondary N) is 6. The molecule has 22 heteroatoms. The van der Waals surface area contributed by atoms with Crippen molar-refractivity contribution in [3.8, 4) is 0 Å². The number of nitrogens with two attached hydrogens (primary N) is 4. The lowest BCUT2D eigenvalue weighted by Gasteiger charge is -2.34. The van der Waals surface area contributed by atoms with Crippen molar-refractivity contribution in [2.45, 2.75) is 51.1 Å². The average molecular weight is 811 g/mol. The van der Waals surface area contributed by atoms with Crippen molar-refractivity contribution in [3.63, 3.8) is 0 Å². The second-order valence-electron chi connectivity index (χ2n) is 13.4. The topological polar surface area (TPSA) is 259 Å². The minimum absolute atomic E-state index is 0.0168. The molecule has 0 aromatic heterocycles. The van der Waals surface area contributed by atoms with Gasteiger partial charge in [-0.2, -0.15) is 13.2 Å². The lowest BCUT2D eigenvalue weighted by Crippen LogP contribution is -2.44. The number of benzene rings is 2. The number of hydrogen-bond donors (Lipinski definition) is 10. The fraction of sp³-hybridized carbons (Fsp3) is 0.514. The number of carbonyl (C=O) groups is 3. The number of rotatable bonds is 17. The van der Waals surface area contributed by atoms with E-state index in [0.29, 0.717) is 84.6 Å². The van der Waals surface area contributed by atoms with Gasteiger partial charge < -0.3 is 64.6 Å². The first kappa shape index (κ1) is 44.1. The van der Waals surface area contributed by atoms with Crippen LogP contribution in [-0.2, 0) is 15.8 Å². The molecule has 4 rings (SSSR count). The molecule has 2 aromatic rings. The number of alkyl halides is 5. The normalized spacial score (nSPS) is 14.5. The fourth-order valence-corrected chi connectivity index (χ4v) is 6.33. The van der Waals surface area contributed by atoms with Gasteiger partial charge in [-0.3, -0.25) is 19.6 Å². The lowest BCUT2D eigenvalue weighted by atomic mass is 10.1. The molecule has 57 heavy (non-hydrogen) atoms. The summed E-state index contributed by atoms with van der Waals surface area (Å²) in [4.78, 5) is 51.3. The number of anilines is 6. The number of carbonyl (C=O) groups excluding carboxylic acids is 3. The first-order valence-electron chi connectivity index (χ1n) is 18.5. The summed E-state index contributed by atoms with van der Waals surface area (Å²) in [7, 11) is 0. The smallest absolute Gasteiger partial charge is 0.370 e. The Bertz CT molecular complexity index is 1760. The third kappa shape index (κ3) is 13.8. The highest BCUT2D eigenvalue weighted by Gasteiger charge is 2.34. The van der Waals surface area contributed by atoms with E-state index >= 15 is 0 Å². The number of amides is 4. The fourth-order valence-electron chi connectivity index (χ4n) is 6.33. The van der Waals surface area contributed by atoms with Crippen molar-refractivity contribution in [1.29, 1.82) is 0 Å². The number of urea groups is 1. The largest absolute Gasteiger partial charge is 0.416 e. The number of nitrogens with zero attached hydrogens (tertiary/aromatic N) is 4. The van der Waals surface area contributed by atoms with Gasteiger partial charge in [0.1, 0.15) is 0 Å². The van der Waals surface area contributed by atoms with E-state index in [1.807, 2.05) is 0 Å². The molecule has 2 heterocycles. The van der Waals surface area contributed by atoms with E-state index in [-0.39, 0.29) is 65.4 Å². The number of aliphatic imine (C=N–C) groups is 2. The van der Waals surface area contributed by atoms with E-state index in [9.17, 15) is 36.3 Å². The first-order valence-corrected chi connectivity index (χ1v) is 18.5. The Labute approximate surface area is 326 Å². The molecule has 0 saturated carbocycles. The van der Waals surface area contributed by atoms with Crippen LogP contribution >= 0.6 is 0 Å². The minimum atomic E-state index is -4.88. The number of hydrogen-bond acceptors (Lipinski definition) is 9. The van der Waals surface area contributed by atoms with Crippen molar-refractivity contribution in [2.75, 3.05) is 96.5 Å². The standard InChI is InChI=1S/C35H51F5N14O3/c36-31(37)21-17-23(49-27(55)5-1-3-7-47-32(41)42)29(53-13-9-45-10-14-53)24(18-21)51-34(57)52-26-20-22(35(38,39)40)19-25(30(26)54-15-11-46-12-16-54)50-28(56)6-2-4-8-48-33(43)44/h17-20,31,45-46H,1-16H2,(H,49,55)(H,50,56)(H4,41,42,47)(H4,43,44,48)(H2,51,52,57). The van der Waals surface area contributed by atoms with Crippen molar-refractivity contribution in [1.82, 2.24) is 10.6 Å². The van der Waals surface area contributed by atoms with Gasteiger partial charge in [0, 0.05) is 83.9 Å². The highest BCUT2D eigenvalue weighted by Crippen LogP contribution is 2.43. The highest BCUT2D eigenvalue weighted by molar-refractivity contribution is 6.08. The number of guanidine groups is 2. The van der Waals surface area contributed by atoms with E-state index in [4.69, 9.17) is 22.9 Å². The molecule has 0 bridgehead atoms. The van der Waals surface area contributed by atoms with Crippen molar-refractivity contribution in [2.24, 2.45) is 32.9 Å². The predicted molar refractivity (Wildman–Crippen MR) is 212 cm³/mol. The van der Waals surface area contributed by atoms with Gasteiger partial charge in [0.2, 0.25) is 11.8 Å². The first-order chi connectivity index (χ1) is 27.1. The quantitative estimate of drug-likeness (QED) is 0.0481. The average Bonchev–Trinajstić information content (AvgIpc) is 3.14. The van der Waals surface area contributed by atoms with Gasteiger partial charge in [0.05, 0.1) is 39.7 Å². The van der Waals surface area contributed by atoms with Crippen molar-refractivity contribution in [3.05, 3.63) is 35.4 Å². The van der Waals surface area contributed by atoms with E-state index in [1.54, 1.807) is 9.80 Å². The van der Waals surface area contributed by atoms with Crippen LogP contribution < -0.4 is 64.6 Å². The highest BCUT2D eigenvalue weighted by atomic mass is 19.4. The summed E-state index contributed by atoms with van der Waals surface area (Å²) in [5.74, 6) is -1.24. The molecule has 17 nitrogen and oxygen atoms in total. The Morgan fingerprint density at radius 1 is 0.649 bits per heavy atom.